The number of amides is 1. The number of imidazole rings is 1. The molecule has 3 heterocycles. The SMILES string of the molecule is O=C(Cn1c(-c2cncs2)nc2ccccc21)N1CCCC1. The van der Waals surface area contributed by atoms with E-state index in [1.54, 1.807) is 16.8 Å². The lowest BCUT2D eigenvalue weighted by Crippen LogP contribution is -2.31. The van der Waals surface area contributed by atoms with Gasteiger partial charge in [0.15, 0.2) is 5.82 Å². The predicted octanol–water partition coefficient (Wildman–Crippen LogP) is 2.78. The van der Waals surface area contributed by atoms with Crippen molar-refractivity contribution in [3.05, 3.63) is 36.0 Å². The zero-order valence-corrected chi connectivity index (χ0v) is 12.9. The Kier molecular flexibility index (Phi) is 3.38. The molecule has 0 saturated carbocycles. The van der Waals surface area contributed by atoms with Crippen LogP contribution in [0.25, 0.3) is 21.7 Å². The van der Waals surface area contributed by atoms with Gasteiger partial charge in [0.1, 0.15) is 6.54 Å². The van der Waals surface area contributed by atoms with Crippen LogP contribution < -0.4 is 0 Å². The first kappa shape index (κ1) is 13.5. The molecule has 3 aromatic rings. The van der Waals surface area contributed by atoms with Gasteiger partial charge in [-0.15, -0.1) is 11.3 Å². The lowest BCUT2D eigenvalue weighted by atomic mass is 10.3. The second-order valence-corrected chi connectivity index (χ2v) is 6.35. The number of benzene rings is 1. The Labute approximate surface area is 132 Å². The van der Waals surface area contributed by atoms with Crippen molar-refractivity contribution in [1.82, 2.24) is 19.4 Å². The van der Waals surface area contributed by atoms with E-state index >= 15 is 0 Å². The quantitative estimate of drug-likeness (QED) is 0.747. The number of hydrogen-bond acceptors (Lipinski definition) is 4. The highest BCUT2D eigenvalue weighted by Gasteiger charge is 2.21. The third-order valence-electron chi connectivity index (χ3n) is 4.06. The van der Waals surface area contributed by atoms with Crippen LogP contribution in [0.1, 0.15) is 12.8 Å². The molecule has 1 aliphatic heterocycles. The summed E-state index contributed by atoms with van der Waals surface area (Å²) in [5.74, 6) is 1.00. The summed E-state index contributed by atoms with van der Waals surface area (Å²) in [6.07, 6.45) is 4.03. The number of carbonyl (C=O) groups is 1. The normalized spacial score (nSPS) is 14.8. The Morgan fingerprint density at radius 1 is 1.23 bits per heavy atom. The molecule has 112 valence electrons. The van der Waals surface area contributed by atoms with Crippen molar-refractivity contribution in [3.63, 3.8) is 0 Å². The largest absolute Gasteiger partial charge is 0.341 e. The van der Waals surface area contributed by atoms with Gasteiger partial charge in [-0.05, 0) is 25.0 Å². The molecular formula is C16H16N4OS. The Balaban J connectivity index is 1.77. The first-order chi connectivity index (χ1) is 10.8. The molecular weight excluding hydrogens is 296 g/mol. The van der Waals surface area contributed by atoms with Crippen LogP contribution in [0.2, 0.25) is 0 Å². The molecule has 0 atom stereocenters. The van der Waals surface area contributed by atoms with Crippen LogP contribution in [0.5, 0.6) is 0 Å². The van der Waals surface area contributed by atoms with Crippen molar-refractivity contribution in [2.45, 2.75) is 19.4 Å². The molecule has 6 heteroatoms. The Bertz CT molecular complexity index is 803. The highest BCUT2D eigenvalue weighted by atomic mass is 32.1. The van der Waals surface area contributed by atoms with E-state index in [1.165, 1.54) is 0 Å². The highest BCUT2D eigenvalue weighted by molar-refractivity contribution is 7.13. The summed E-state index contributed by atoms with van der Waals surface area (Å²) in [6, 6.07) is 7.95. The molecule has 1 amide bonds. The molecule has 0 bridgehead atoms. The van der Waals surface area contributed by atoms with Gasteiger partial charge in [-0.1, -0.05) is 12.1 Å². The number of nitrogens with zero attached hydrogens (tertiary/aromatic N) is 4. The third kappa shape index (κ3) is 2.29. The first-order valence-electron chi connectivity index (χ1n) is 7.45. The van der Waals surface area contributed by atoms with Gasteiger partial charge in [0, 0.05) is 19.3 Å². The highest BCUT2D eigenvalue weighted by Crippen LogP contribution is 2.27. The summed E-state index contributed by atoms with van der Waals surface area (Å²) >= 11 is 1.55. The zero-order chi connectivity index (χ0) is 14.9. The van der Waals surface area contributed by atoms with Crippen molar-refractivity contribution < 1.29 is 4.79 Å². The van der Waals surface area contributed by atoms with E-state index in [4.69, 9.17) is 4.98 Å². The maximum Gasteiger partial charge on any atom is 0.242 e. The molecule has 2 aromatic heterocycles. The number of carbonyl (C=O) groups excluding carboxylic acids is 1. The fourth-order valence-electron chi connectivity index (χ4n) is 2.95. The van der Waals surface area contributed by atoms with Crippen molar-refractivity contribution in [1.29, 1.82) is 0 Å². The molecule has 0 N–H and O–H groups in total. The Hall–Kier alpha value is -2.21. The van der Waals surface area contributed by atoms with Crippen LogP contribution in [-0.2, 0) is 11.3 Å². The molecule has 4 rings (SSSR count). The van der Waals surface area contributed by atoms with E-state index in [0.29, 0.717) is 6.54 Å². The van der Waals surface area contributed by atoms with E-state index in [-0.39, 0.29) is 5.91 Å². The lowest BCUT2D eigenvalue weighted by Gasteiger charge is -2.16. The average molecular weight is 312 g/mol. The Morgan fingerprint density at radius 2 is 2.05 bits per heavy atom. The topological polar surface area (TPSA) is 51.0 Å². The van der Waals surface area contributed by atoms with E-state index in [1.807, 2.05) is 39.9 Å². The molecule has 0 unspecified atom stereocenters. The fraction of sp³-hybridized carbons (Fsp3) is 0.312. The molecule has 0 aliphatic carbocycles. The van der Waals surface area contributed by atoms with E-state index in [0.717, 1.165) is 47.7 Å². The van der Waals surface area contributed by atoms with Gasteiger partial charge in [0.05, 0.1) is 21.4 Å². The summed E-state index contributed by atoms with van der Waals surface area (Å²) in [5, 5.41) is 0. The summed E-state index contributed by atoms with van der Waals surface area (Å²) in [5.41, 5.74) is 3.71. The minimum atomic E-state index is 0.173. The van der Waals surface area contributed by atoms with Gasteiger partial charge in [0.2, 0.25) is 5.91 Å². The molecule has 22 heavy (non-hydrogen) atoms. The van der Waals surface area contributed by atoms with E-state index in [9.17, 15) is 4.79 Å². The van der Waals surface area contributed by atoms with Gasteiger partial charge >= 0.3 is 0 Å². The van der Waals surface area contributed by atoms with Gasteiger partial charge < -0.3 is 9.47 Å². The average Bonchev–Trinajstić information content (AvgIpc) is 3.28. The maximum absolute atomic E-state index is 12.5. The van der Waals surface area contributed by atoms with Crippen LogP contribution in [0.3, 0.4) is 0 Å². The van der Waals surface area contributed by atoms with Gasteiger partial charge in [-0.2, -0.15) is 0 Å². The number of likely N-dealkylation sites (tertiary alicyclic amines) is 1. The number of fused-ring (bicyclic) bond motifs is 1. The smallest absolute Gasteiger partial charge is 0.242 e. The van der Waals surface area contributed by atoms with Gasteiger partial charge in [-0.25, -0.2) is 4.98 Å². The third-order valence-corrected chi connectivity index (χ3v) is 4.83. The van der Waals surface area contributed by atoms with Crippen LogP contribution in [0, 0.1) is 0 Å². The van der Waals surface area contributed by atoms with Crippen molar-refractivity contribution >= 4 is 28.3 Å². The van der Waals surface area contributed by atoms with E-state index < -0.39 is 0 Å². The standard InChI is InChI=1S/C16H16N4OS/c21-15(19-7-3-4-8-19)10-20-13-6-2-1-5-12(13)18-16(20)14-9-17-11-22-14/h1-2,5-6,9,11H,3-4,7-8,10H2. The Morgan fingerprint density at radius 3 is 2.82 bits per heavy atom. The van der Waals surface area contributed by atoms with Crippen LogP contribution in [-0.4, -0.2) is 38.4 Å². The molecule has 1 fully saturated rings. The number of para-hydroxylation sites is 2. The monoisotopic (exact) mass is 312 g/mol. The molecule has 1 aromatic carbocycles. The van der Waals surface area contributed by atoms with Crippen LogP contribution >= 0.6 is 11.3 Å². The van der Waals surface area contributed by atoms with Crippen molar-refractivity contribution in [2.75, 3.05) is 13.1 Å². The lowest BCUT2D eigenvalue weighted by molar-refractivity contribution is -0.130. The summed E-state index contributed by atoms with van der Waals surface area (Å²) in [7, 11) is 0. The molecule has 0 radical (unpaired) electrons. The van der Waals surface area contributed by atoms with Crippen LogP contribution in [0.15, 0.2) is 36.0 Å². The van der Waals surface area contributed by atoms with Gasteiger partial charge in [-0.3, -0.25) is 9.78 Å². The predicted molar refractivity (Wildman–Crippen MR) is 86.7 cm³/mol. The fourth-order valence-corrected chi connectivity index (χ4v) is 3.57. The number of hydrogen-bond donors (Lipinski definition) is 0. The summed E-state index contributed by atoms with van der Waals surface area (Å²) in [4.78, 5) is 24.3. The second-order valence-electron chi connectivity index (χ2n) is 5.46. The minimum absolute atomic E-state index is 0.173. The summed E-state index contributed by atoms with van der Waals surface area (Å²) in [6.45, 7) is 2.09. The van der Waals surface area contributed by atoms with Crippen molar-refractivity contribution in [3.8, 4) is 10.7 Å². The van der Waals surface area contributed by atoms with Crippen molar-refractivity contribution in [2.24, 2.45) is 0 Å². The number of thiazole rings is 1. The second kappa shape index (κ2) is 5.53. The molecule has 5 nitrogen and oxygen atoms in total. The van der Waals surface area contributed by atoms with E-state index in [2.05, 4.69) is 4.98 Å². The minimum Gasteiger partial charge on any atom is -0.341 e. The zero-order valence-electron chi connectivity index (χ0n) is 12.1. The molecule has 1 aliphatic rings. The summed E-state index contributed by atoms with van der Waals surface area (Å²) < 4.78 is 2.02. The number of aromatic nitrogens is 3. The number of rotatable bonds is 3. The maximum atomic E-state index is 12.5. The molecule has 1 saturated heterocycles. The van der Waals surface area contributed by atoms with Crippen LogP contribution in [0.4, 0.5) is 0 Å². The molecule has 0 spiro atoms. The van der Waals surface area contributed by atoms with Gasteiger partial charge in [0.25, 0.3) is 0 Å². The first-order valence-corrected chi connectivity index (χ1v) is 8.33.